The molecule has 0 aliphatic rings. The van der Waals surface area contributed by atoms with Gasteiger partial charge in [-0.2, -0.15) is 0 Å². The first-order valence-corrected chi connectivity index (χ1v) is 11.4. The molecule has 5 amide bonds. The third-order valence-electron chi connectivity index (χ3n) is 5.31. The maximum absolute atomic E-state index is 12.9. The van der Waals surface area contributed by atoms with E-state index in [4.69, 9.17) is 17.2 Å². The van der Waals surface area contributed by atoms with Gasteiger partial charge in [-0.05, 0) is 30.0 Å². The number of rotatable bonds is 15. The zero-order chi connectivity index (χ0) is 28.3. The number of hydrogen-bond acceptors (Lipinski definition) is 8. The van der Waals surface area contributed by atoms with Crippen molar-refractivity contribution in [1.82, 2.24) is 16.0 Å². The Labute approximate surface area is 213 Å². The summed E-state index contributed by atoms with van der Waals surface area (Å²) in [6, 6.07) is 0.402. The first-order valence-electron chi connectivity index (χ1n) is 11.4. The Morgan fingerprint density at radius 3 is 1.89 bits per heavy atom. The molecule has 0 saturated heterocycles. The summed E-state index contributed by atoms with van der Waals surface area (Å²) in [5.41, 5.74) is 16.5. The third kappa shape index (κ3) is 10.9. The lowest BCUT2D eigenvalue weighted by Gasteiger charge is -2.26. The second kappa shape index (κ2) is 14.4. The fourth-order valence-electron chi connectivity index (χ4n) is 3.24. The zero-order valence-electron chi connectivity index (χ0n) is 20.6. The number of primary amides is 2. The van der Waals surface area contributed by atoms with Crippen molar-refractivity contribution >= 4 is 35.5 Å². The van der Waals surface area contributed by atoms with Gasteiger partial charge in [0.05, 0.1) is 12.5 Å². The fourth-order valence-corrected chi connectivity index (χ4v) is 3.24. The Morgan fingerprint density at radius 1 is 0.838 bits per heavy atom. The van der Waals surface area contributed by atoms with Gasteiger partial charge in [0.1, 0.15) is 23.9 Å². The molecule has 0 radical (unpaired) electrons. The van der Waals surface area contributed by atoms with E-state index in [1.54, 1.807) is 13.8 Å². The first kappa shape index (κ1) is 30.8. The molecule has 4 atom stereocenters. The summed E-state index contributed by atoms with van der Waals surface area (Å²) in [6.07, 6.45) is -0.965. The molecule has 0 bridgehead atoms. The monoisotopic (exact) mass is 522 g/mol. The average Bonchev–Trinajstić information content (AvgIpc) is 2.80. The molecule has 37 heavy (non-hydrogen) atoms. The summed E-state index contributed by atoms with van der Waals surface area (Å²) in [7, 11) is 0. The van der Waals surface area contributed by atoms with E-state index < -0.39 is 72.0 Å². The van der Waals surface area contributed by atoms with Crippen molar-refractivity contribution in [2.75, 3.05) is 0 Å². The Bertz CT molecular complexity index is 997. The molecule has 1 rings (SSSR count). The molecule has 4 unspecified atom stereocenters. The Hall–Kier alpha value is -4.20. The number of hydrogen-bond donors (Lipinski definition) is 8. The summed E-state index contributed by atoms with van der Waals surface area (Å²) in [5, 5.41) is 26.0. The van der Waals surface area contributed by atoms with Gasteiger partial charge < -0.3 is 43.4 Å². The van der Waals surface area contributed by atoms with E-state index in [9.17, 15) is 39.0 Å². The predicted octanol–water partition coefficient (Wildman–Crippen LogP) is -2.40. The van der Waals surface area contributed by atoms with Crippen LogP contribution in [0.15, 0.2) is 24.3 Å². The third-order valence-corrected chi connectivity index (χ3v) is 5.31. The second-order valence-electron chi connectivity index (χ2n) is 8.84. The van der Waals surface area contributed by atoms with Crippen molar-refractivity contribution in [2.24, 2.45) is 23.1 Å². The van der Waals surface area contributed by atoms with E-state index in [1.807, 2.05) is 0 Å². The van der Waals surface area contributed by atoms with Crippen LogP contribution in [0, 0.1) is 5.92 Å². The number of carbonyl (C=O) groups is 6. The summed E-state index contributed by atoms with van der Waals surface area (Å²) in [4.78, 5) is 72.4. The highest BCUT2D eigenvalue weighted by atomic mass is 16.4. The fraction of sp³-hybridized carbons (Fsp3) is 0.478. The molecule has 0 aliphatic carbocycles. The normalized spacial score (nSPS) is 14.1. The number of benzene rings is 1. The number of nitrogens with two attached hydrogens (primary N) is 3. The number of carbonyl (C=O) groups excluding carboxylic acids is 5. The summed E-state index contributed by atoms with van der Waals surface area (Å²) >= 11 is 0. The lowest BCUT2D eigenvalue weighted by molar-refractivity contribution is -0.142. The highest BCUT2D eigenvalue weighted by Crippen LogP contribution is 2.12. The highest BCUT2D eigenvalue weighted by molar-refractivity contribution is 5.96. The molecule has 14 nitrogen and oxygen atoms in total. The van der Waals surface area contributed by atoms with Crippen LogP contribution in [0.3, 0.4) is 0 Å². The number of amides is 5. The van der Waals surface area contributed by atoms with E-state index >= 15 is 0 Å². The van der Waals surface area contributed by atoms with Crippen LogP contribution in [-0.2, 0) is 35.2 Å². The van der Waals surface area contributed by atoms with E-state index in [1.165, 1.54) is 24.3 Å². The average molecular weight is 523 g/mol. The lowest BCUT2D eigenvalue weighted by Crippen LogP contribution is -2.59. The minimum atomic E-state index is -1.53. The molecule has 1 aromatic rings. The van der Waals surface area contributed by atoms with Gasteiger partial charge in [-0.25, -0.2) is 4.79 Å². The van der Waals surface area contributed by atoms with Crippen molar-refractivity contribution in [3.8, 4) is 5.75 Å². The molecule has 204 valence electrons. The van der Waals surface area contributed by atoms with Gasteiger partial charge in [0.2, 0.25) is 29.5 Å². The van der Waals surface area contributed by atoms with Gasteiger partial charge >= 0.3 is 5.97 Å². The molecule has 14 heteroatoms. The van der Waals surface area contributed by atoms with Gasteiger partial charge in [-0.15, -0.1) is 0 Å². The molecule has 1 aromatic carbocycles. The van der Waals surface area contributed by atoms with E-state index in [-0.39, 0.29) is 25.0 Å². The second-order valence-corrected chi connectivity index (χ2v) is 8.84. The number of carboxylic acids is 1. The number of aliphatic carboxylic acids is 1. The molecular formula is C23H34N6O8. The molecule has 0 aliphatic heterocycles. The predicted molar refractivity (Wildman–Crippen MR) is 130 cm³/mol. The first-order chi connectivity index (χ1) is 17.2. The van der Waals surface area contributed by atoms with Crippen molar-refractivity contribution < 1.29 is 39.0 Å². The van der Waals surface area contributed by atoms with Crippen LogP contribution in [0.5, 0.6) is 5.75 Å². The van der Waals surface area contributed by atoms with Crippen LogP contribution in [0.2, 0.25) is 0 Å². The van der Waals surface area contributed by atoms with Gasteiger partial charge in [-0.1, -0.05) is 26.0 Å². The quantitative estimate of drug-likeness (QED) is 0.122. The molecule has 0 spiro atoms. The largest absolute Gasteiger partial charge is 0.508 e. The zero-order valence-corrected chi connectivity index (χ0v) is 20.6. The maximum atomic E-state index is 12.9. The van der Waals surface area contributed by atoms with Crippen LogP contribution in [0.25, 0.3) is 0 Å². The van der Waals surface area contributed by atoms with Crippen LogP contribution < -0.4 is 33.2 Å². The number of aromatic hydroxyl groups is 1. The van der Waals surface area contributed by atoms with Crippen LogP contribution in [0.1, 0.15) is 38.7 Å². The topological polar surface area (TPSA) is 257 Å². The van der Waals surface area contributed by atoms with E-state index in [2.05, 4.69) is 16.0 Å². The number of phenolic OH excluding ortho intramolecular Hbond substituents is 1. The van der Waals surface area contributed by atoms with Crippen molar-refractivity contribution in [2.45, 2.75) is 63.7 Å². The molecule has 0 aromatic heterocycles. The molecule has 0 heterocycles. The number of nitrogens with one attached hydrogen (secondary N) is 3. The van der Waals surface area contributed by atoms with Gasteiger partial charge in [0.15, 0.2) is 0 Å². The summed E-state index contributed by atoms with van der Waals surface area (Å²) < 4.78 is 0. The standard InChI is InChI=1S/C23H34N6O8/c1-11(2)19(29-20(33)14(24)7-8-17(25)31)22(35)27-15(10-18(26)32)21(34)28-16(23(36)37)9-12-3-5-13(30)6-4-12/h3-6,11,14-16,19,30H,7-10,24H2,1-2H3,(H2,25,31)(H2,26,32)(H,27,35)(H,28,34)(H,29,33)(H,36,37). The smallest absolute Gasteiger partial charge is 0.326 e. The van der Waals surface area contributed by atoms with Crippen molar-refractivity contribution in [3.05, 3.63) is 29.8 Å². The minimum Gasteiger partial charge on any atom is -0.508 e. The number of carboxylic acid groups (broad SMARTS) is 1. The van der Waals surface area contributed by atoms with Crippen molar-refractivity contribution in [1.29, 1.82) is 0 Å². The Kier molecular flexibility index (Phi) is 12.0. The van der Waals surface area contributed by atoms with E-state index in [0.717, 1.165) is 0 Å². The molecule has 0 fully saturated rings. The van der Waals surface area contributed by atoms with Crippen molar-refractivity contribution in [3.63, 3.8) is 0 Å². The highest BCUT2D eigenvalue weighted by Gasteiger charge is 2.32. The van der Waals surface area contributed by atoms with Gasteiger partial charge in [0, 0.05) is 12.8 Å². The maximum Gasteiger partial charge on any atom is 0.326 e. The van der Waals surface area contributed by atoms with Crippen LogP contribution in [0.4, 0.5) is 0 Å². The van der Waals surface area contributed by atoms with Crippen LogP contribution >= 0.6 is 0 Å². The molecule has 11 N–H and O–H groups in total. The van der Waals surface area contributed by atoms with Crippen LogP contribution in [-0.4, -0.2) is 69.9 Å². The van der Waals surface area contributed by atoms with Gasteiger partial charge in [-0.3, -0.25) is 24.0 Å². The molecular weight excluding hydrogens is 488 g/mol. The molecule has 0 saturated carbocycles. The lowest BCUT2D eigenvalue weighted by atomic mass is 10.0. The Balaban J connectivity index is 2.97. The van der Waals surface area contributed by atoms with Gasteiger partial charge in [0.25, 0.3) is 0 Å². The minimum absolute atomic E-state index is 0.0236. The van der Waals surface area contributed by atoms with E-state index in [0.29, 0.717) is 5.56 Å². The SMILES string of the molecule is CC(C)C(NC(=O)C(N)CCC(N)=O)C(=O)NC(CC(N)=O)C(=O)NC(Cc1ccc(O)cc1)C(=O)O. The summed E-state index contributed by atoms with van der Waals surface area (Å²) in [6.45, 7) is 3.22. The number of phenols is 1. The Morgan fingerprint density at radius 2 is 1.41 bits per heavy atom. The summed E-state index contributed by atoms with van der Waals surface area (Å²) in [5.74, 6) is -6.01.